The first-order valence-electron chi connectivity index (χ1n) is 6.42. The first-order valence-corrected chi connectivity index (χ1v) is 9.19. The number of aryl methyl sites for hydroxylation is 1. The van der Waals surface area contributed by atoms with Crippen LogP contribution in [0, 0.1) is 6.92 Å². The zero-order valence-electron chi connectivity index (χ0n) is 11.2. The zero-order valence-corrected chi connectivity index (χ0v) is 12.8. The van der Waals surface area contributed by atoms with Crippen LogP contribution < -0.4 is 5.32 Å². The lowest BCUT2D eigenvalue weighted by Gasteiger charge is -2.28. The summed E-state index contributed by atoms with van der Waals surface area (Å²) in [5, 5.41) is 2.65. The molecule has 106 valence electrons. The van der Waals surface area contributed by atoms with Crippen LogP contribution in [-0.2, 0) is 9.84 Å². The van der Waals surface area contributed by atoms with Gasteiger partial charge >= 0.3 is 0 Å². The van der Waals surface area contributed by atoms with E-state index in [1.807, 2.05) is 19.1 Å². The van der Waals surface area contributed by atoms with Crippen molar-refractivity contribution in [3.05, 3.63) is 21.9 Å². The highest BCUT2D eigenvalue weighted by atomic mass is 32.2. The van der Waals surface area contributed by atoms with E-state index in [1.165, 1.54) is 17.6 Å². The number of amides is 1. The molecule has 0 radical (unpaired) electrons. The Morgan fingerprint density at radius 3 is 2.68 bits per heavy atom. The summed E-state index contributed by atoms with van der Waals surface area (Å²) in [5.74, 6) is -0.0859. The summed E-state index contributed by atoms with van der Waals surface area (Å²) >= 11 is 1.46. The Balaban J connectivity index is 1.98. The summed E-state index contributed by atoms with van der Waals surface area (Å²) in [5.41, 5.74) is 0. The van der Waals surface area contributed by atoms with Crippen LogP contribution in [0.15, 0.2) is 12.1 Å². The van der Waals surface area contributed by atoms with E-state index >= 15 is 0 Å². The smallest absolute Gasteiger partial charge is 0.261 e. The molecule has 1 aliphatic rings. The van der Waals surface area contributed by atoms with Crippen LogP contribution in [0.1, 0.15) is 40.2 Å². The highest BCUT2D eigenvalue weighted by molar-refractivity contribution is 7.91. The number of nitrogens with one attached hydrogen (secondary N) is 1. The van der Waals surface area contributed by atoms with E-state index in [4.69, 9.17) is 0 Å². The van der Waals surface area contributed by atoms with Gasteiger partial charge < -0.3 is 5.32 Å². The minimum Gasteiger partial charge on any atom is -0.349 e. The van der Waals surface area contributed by atoms with Crippen molar-refractivity contribution in [1.82, 2.24) is 5.32 Å². The van der Waals surface area contributed by atoms with Gasteiger partial charge in [-0.2, -0.15) is 0 Å². The van der Waals surface area contributed by atoms with E-state index in [0.717, 1.165) is 17.7 Å². The van der Waals surface area contributed by atoms with Crippen molar-refractivity contribution in [1.29, 1.82) is 0 Å². The van der Waals surface area contributed by atoms with Gasteiger partial charge in [-0.25, -0.2) is 8.42 Å². The number of carbonyl (C=O) groups excluding carboxylic acids is 1. The predicted molar refractivity (Wildman–Crippen MR) is 77.4 cm³/mol. The average molecular weight is 301 g/mol. The molecule has 4 nitrogen and oxygen atoms in total. The Bertz CT molecular complexity index is 562. The second kappa shape index (κ2) is 5.63. The van der Waals surface area contributed by atoms with Crippen molar-refractivity contribution < 1.29 is 13.2 Å². The van der Waals surface area contributed by atoms with Crippen molar-refractivity contribution >= 4 is 27.1 Å². The van der Waals surface area contributed by atoms with Crippen LogP contribution in [0.2, 0.25) is 0 Å². The molecule has 1 N–H and O–H groups in total. The van der Waals surface area contributed by atoms with Crippen molar-refractivity contribution in [2.24, 2.45) is 0 Å². The zero-order chi connectivity index (χ0) is 14.0. The van der Waals surface area contributed by atoms with Crippen LogP contribution in [0.3, 0.4) is 0 Å². The van der Waals surface area contributed by atoms with Gasteiger partial charge in [0.2, 0.25) is 0 Å². The largest absolute Gasteiger partial charge is 0.349 e. The molecule has 2 atom stereocenters. The average Bonchev–Trinajstić information content (AvgIpc) is 2.75. The highest BCUT2D eigenvalue weighted by Crippen LogP contribution is 2.24. The molecule has 0 bridgehead atoms. The topological polar surface area (TPSA) is 63.2 Å². The van der Waals surface area contributed by atoms with Gasteiger partial charge in [0.15, 0.2) is 0 Å². The molecular formula is C13H19NO3S2. The second-order valence-corrected chi connectivity index (χ2v) is 8.81. The minimum atomic E-state index is -3.00. The Labute approximate surface area is 118 Å². The number of hydrogen-bond donors (Lipinski definition) is 1. The molecule has 0 aliphatic heterocycles. The molecule has 1 aromatic heterocycles. The number of sulfone groups is 1. The molecule has 1 aliphatic carbocycles. The van der Waals surface area contributed by atoms with Gasteiger partial charge in [-0.15, -0.1) is 11.3 Å². The van der Waals surface area contributed by atoms with E-state index in [9.17, 15) is 13.2 Å². The third kappa shape index (κ3) is 3.79. The van der Waals surface area contributed by atoms with Crippen LogP contribution in [0.25, 0.3) is 0 Å². The summed E-state index contributed by atoms with van der Waals surface area (Å²) in [4.78, 5) is 13.8. The van der Waals surface area contributed by atoms with Crippen molar-refractivity contribution in [3.8, 4) is 0 Å². The lowest BCUT2D eigenvalue weighted by Crippen LogP contribution is -2.41. The maximum Gasteiger partial charge on any atom is 0.261 e. The quantitative estimate of drug-likeness (QED) is 0.930. The molecule has 2 rings (SSSR count). The maximum absolute atomic E-state index is 12.0. The Hall–Kier alpha value is -0.880. The van der Waals surface area contributed by atoms with Gasteiger partial charge in [0, 0.05) is 17.2 Å². The lowest BCUT2D eigenvalue weighted by molar-refractivity contribution is 0.0932. The van der Waals surface area contributed by atoms with Crippen LogP contribution in [0.5, 0.6) is 0 Å². The lowest BCUT2D eigenvalue weighted by atomic mass is 9.95. The molecule has 1 fully saturated rings. The third-order valence-electron chi connectivity index (χ3n) is 3.53. The Kier molecular flexibility index (Phi) is 4.30. The van der Waals surface area contributed by atoms with Crippen molar-refractivity contribution in [3.63, 3.8) is 0 Å². The second-order valence-electron chi connectivity index (χ2n) is 5.20. The molecule has 0 spiro atoms. The molecule has 1 amide bonds. The van der Waals surface area contributed by atoms with Gasteiger partial charge in [-0.3, -0.25) is 4.79 Å². The van der Waals surface area contributed by atoms with Gasteiger partial charge in [-0.05, 0) is 38.3 Å². The first kappa shape index (κ1) is 14.5. The third-order valence-corrected chi connectivity index (χ3v) is 6.17. The van der Waals surface area contributed by atoms with Crippen LogP contribution in [0.4, 0.5) is 0 Å². The fourth-order valence-corrected chi connectivity index (χ4v) is 4.43. The van der Waals surface area contributed by atoms with Gasteiger partial charge in [0.1, 0.15) is 9.84 Å². The standard InChI is InChI=1S/C13H19NO3S2/c1-9-6-7-12(18-9)13(15)14-10-4-3-5-11(8-10)19(2,16)17/h6-7,10-11H,3-5,8H2,1-2H3,(H,14,15)/t10-,11-/m1/s1. The number of carbonyl (C=O) groups is 1. The molecule has 0 aromatic carbocycles. The van der Waals surface area contributed by atoms with E-state index in [0.29, 0.717) is 17.7 Å². The van der Waals surface area contributed by atoms with E-state index in [1.54, 1.807) is 0 Å². The molecule has 0 unspecified atom stereocenters. The molecule has 6 heteroatoms. The molecule has 1 saturated carbocycles. The summed E-state index contributed by atoms with van der Waals surface area (Å²) < 4.78 is 23.2. The van der Waals surface area contributed by atoms with Crippen molar-refractivity contribution in [2.45, 2.75) is 43.9 Å². The molecular weight excluding hydrogens is 282 g/mol. The fraction of sp³-hybridized carbons (Fsp3) is 0.615. The normalized spacial score (nSPS) is 24.1. The molecule has 1 heterocycles. The summed E-state index contributed by atoms with van der Waals surface area (Å²) in [7, 11) is -3.00. The number of rotatable bonds is 3. The van der Waals surface area contributed by atoms with E-state index < -0.39 is 9.84 Å². The molecule has 1 aromatic rings. The summed E-state index contributed by atoms with van der Waals surface area (Å²) in [6, 6.07) is 3.70. The predicted octanol–water partition coefficient (Wildman–Crippen LogP) is 2.14. The molecule has 0 saturated heterocycles. The Morgan fingerprint density at radius 2 is 2.11 bits per heavy atom. The van der Waals surface area contributed by atoms with E-state index in [2.05, 4.69) is 5.32 Å². The van der Waals surface area contributed by atoms with Gasteiger partial charge in [-0.1, -0.05) is 6.42 Å². The number of thiophene rings is 1. The molecule has 19 heavy (non-hydrogen) atoms. The minimum absolute atomic E-state index is 0.0246. The fourth-order valence-electron chi connectivity index (χ4n) is 2.48. The summed E-state index contributed by atoms with van der Waals surface area (Å²) in [6.07, 6.45) is 4.25. The first-order chi connectivity index (χ1) is 8.86. The summed E-state index contributed by atoms with van der Waals surface area (Å²) in [6.45, 7) is 1.96. The van der Waals surface area contributed by atoms with Gasteiger partial charge in [0.25, 0.3) is 5.91 Å². The van der Waals surface area contributed by atoms with Crippen molar-refractivity contribution in [2.75, 3.05) is 6.26 Å². The maximum atomic E-state index is 12.0. The van der Waals surface area contributed by atoms with E-state index in [-0.39, 0.29) is 17.2 Å². The number of hydrogen-bond acceptors (Lipinski definition) is 4. The SMILES string of the molecule is Cc1ccc(C(=O)N[C@@H]2CCC[C@@H](S(C)(=O)=O)C2)s1. The Morgan fingerprint density at radius 1 is 1.37 bits per heavy atom. The van der Waals surface area contributed by atoms with Gasteiger partial charge in [0.05, 0.1) is 10.1 Å². The highest BCUT2D eigenvalue weighted by Gasteiger charge is 2.29. The van der Waals surface area contributed by atoms with Crippen LogP contribution >= 0.6 is 11.3 Å². The monoisotopic (exact) mass is 301 g/mol. The van der Waals surface area contributed by atoms with Crippen LogP contribution in [-0.4, -0.2) is 31.9 Å².